The van der Waals surface area contributed by atoms with Gasteiger partial charge in [-0.15, -0.1) is 0 Å². The van der Waals surface area contributed by atoms with Gasteiger partial charge in [-0.2, -0.15) is 0 Å². The van der Waals surface area contributed by atoms with Gasteiger partial charge in [0.05, 0.1) is 27.8 Å². The van der Waals surface area contributed by atoms with Crippen molar-refractivity contribution in [3.63, 3.8) is 0 Å². The third-order valence-electron chi connectivity index (χ3n) is 12.2. The zero-order valence-electron chi connectivity index (χ0n) is 33.2. The number of benzene rings is 10. The molecule has 2 heterocycles. The Hall–Kier alpha value is -8.14. The summed E-state index contributed by atoms with van der Waals surface area (Å²) in [6, 6.07) is 82.9. The average molecular weight is 779 g/mol. The fourth-order valence-corrected chi connectivity index (χ4v) is 9.30. The molecule has 61 heavy (non-hydrogen) atoms. The molecule has 286 valence electrons. The standard InChI is InChI=1S/C58H38N2O/c1-2-14-43-37-45(32-29-39(43)13-1)44-15-11-16-47(38-44)59(55-24-12-26-57-58(55)51-20-6-10-25-56(51)61-57)46-35-33-41(34-36-46)40-27-30-42(31-28-40)48-17-3-7-21-52(48)60-53-22-8-4-18-49(53)50-19-5-9-23-54(50)60/h1-38H. The van der Waals surface area contributed by atoms with Crippen molar-refractivity contribution in [2.24, 2.45) is 0 Å². The van der Waals surface area contributed by atoms with Crippen molar-refractivity contribution in [1.29, 1.82) is 0 Å². The molecule has 12 aromatic rings. The number of fused-ring (bicyclic) bond motifs is 7. The highest BCUT2D eigenvalue weighted by Gasteiger charge is 2.20. The summed E-state index contributed by atoms with van der Waals surface area (Å²) in [4.78, 5) is 2.37. The van der Waals surface area contributed by atoms with E-state index in [1.165, 1.54) is 55.0 Å². The zero-order valence-corrected chi connectivity index (χ0v) is 33.2. The first-order valence-corrected chi connectivity index (χ1v) is 20.8. The van der Waals surface area contributed by atoms with Crippen molar-refractivity contribution in [2.75, 3.05) is 4.90 Å². The Labute approximate surface area is 353 Å². The van der Waals surface area contributed by atoms with Crippen LogP contribution in [0.4, 0.5) is 17.1 Å². The molecule has 10 aromatic carbocycles. The molecule has 0 aliphatic carbocycles. The molecule has 3 heteroatoms. The summed E-state index contributed by atoms with van der Waals surface area (Å²) in [5.74, 6) is 0. The fourth-order valence-electron chi connectivity index (χ4n) is 9.30. The molecule has 0 radical (unpaired) electrons. The van der Waals surface area contributed by atoms with Gasteiger partial charge in [0, 0.05) is 33.1 Å². The smallest absolute Gasteiger partial charge is 0.137 e. The van der Waals surface area contributed by atoms with E-state index in [0.717, 1.165) is 55.7 Å². The second-order valence-electron chi connectivity index (χ2n) is 15.7. The number of furan rings is 1. The van der Waals surface area contributed by atoms with Gasteiger partial charge in [-0.3, -0.25) is 0 Å². The van der Waals surface area contributed by atoms with Crippen LogP contribution in [0.25, 0.3) is 93.6 Å². The van der Waals surface area contributed by atoms with Crippen LogP contribution in [0.15, 0.2) is 235 Å². The van der Waals surface area contributed by atoms with Crippen LogP contribution in [0.5, 0.6) is 0 Å². The van der Waals surface area contributed by atoms with E-state index < -0.39 is 0 Å². The molecule has 0 spiro atoms. The molecule has 3 nitrogen and oxygen atoms in total. The molecule has 0 saturated carbocycles. The summed E-state index contributed by atoms with van der Waals surface area (Å²) in [5, 5.41) is 7.18. The predicted octanol–water partition coefficient (Wildman–Crippen LogP) is 16.3. The Bertz CT molecular complexity index is 3540. The molecule has 0 bridgehead atoms. The summed E-state index contributed by atoms with van der Waals surface area (Å²) in [5.41, 5.74) is 15.6. The lowest BCUT2D eigenvalue weighted by molar-refractivity contribution is 0.669. The van der Waals surface area contributed by atoms with E-state index in [1.807, 2.05) is 12.1 Å². The number of nitrogens with zero attached hydrogens (tertiary/aromatic N) is 2. The quantitative estimate of drug-likeness (QED) is 0.161. The highest BCUT2D eigenvalue weighted by atomic mass is 16.3. The first-order chi connectivity index (χ1) is 30.2. The van der Waals surface area contributed by atoms with Crippen molar-refractivity contribution < 1.29 is 4.42 Å². The summed E-state index contributed by atoms with van der Waals surface area (Å²) in [6.45, 7) is 0. The molecule has 0 aliphatic rings. The first-order valence-electron chi connectivity index (χ1n) is 20.8. The van der Waals surface area contributed by atoms with Gasteiger partial charge in [0.15, 0.2) is 0 Å². The van der Waals surface area contributed by atoms with Crippen LogP contribution in [-0.2, 0) is 0 Å². The summed E-state index contributed by atoms with van der Waals surface area (Å²) in [6.07, 6.45) is 0. The molecule has 0 aliphatic heterocycles. The highest BCUT2D eigenvalue weighted by Crippen LogP contribution is 2.44. The van der Waals surface area contributed by atoms with Crippen LogP contribution in [-0.4, -0.2) is 4.57 Å². The van der Waals surface area contributed by atoms with Gasteiger partial charge in [-0.05, 0) is 105 Å². The minimum absolute atomic E-state index is 0.866. The maximum absolute atomic E-state index is 6.41. The van der Waals surface area contributed by atoms with Crippen molar-refractivity contribution in [2.45, 2.75) is 0 Å². The number of hydrogen-bond donors (Lipinski definition) is 0. The Morgan fingerprint density at radius 3 is 1.70 bits per heavy atom. The maximum atomic E-state index is 6.41. The van der Waals surface area contributed by atoms with Gasteiger partial charge in [0.2, 0.25) is 0 Å². The van der Waals surface area contributed by atoms with E-state index in [1.54, 1.807) is 0 Å². The lowest BCUT2D eigenvalue weighted by Gasteiger charge is -2.27. The lowest BCUT2D eigenvalue weighted by atomic mass is 9.98. The van der Waals surface area contributed by atoms with Crippen molar-refractivity contribution in [1.82, 2.24) is 4.57 Å². The molecule has 0 saturated heterocycles. The van der Waals surface area contributed by atoms with Crippen LogP contribution < -0.4 is 4.90 Å². The SMILES string of the molecule is c1cc(-c2ccc3ccccc3c2)cc(N(c2ccc(-c3ccc(-c4ccccc4-n4c5ccccc5c5ccccc54)cc3)cc2)c2cccc3oc4ccccc4c23)c1. The molecule has 0 unspecified atom stereocenters. The lowest BCUT2D eigenvalue weighted by Crippen LogP contribution is -2.10. The van der Waals surface area contributed by atoms with E-state index in [2.05, 4.69) is 228 Å². The van der Waals surface area contributed by atoms with E-state index in [-0.39, 0.29) is 0 Å². The molecule has 2 aromatic heterocycles. The van der Waals surface area contributed by atoms with E-state index >= 15 is 0 Å². The van der Waals surface area contributed by atoms with E-state index in [9.17, 15) is 0 Å². The number of hydrogen-bond acceptors (Lipinski definition) is 2. The van der Waals surface area contributed by atoms with Crippen LogP contribution >= 0.6 is 0 Å². The zero-order chi connectivity index (χ0) is 40.3. The third-order valence-corrected chi connectivity index (χ3v) is 12.2. The Morgan fingerprint density at radius 1 is 0.344 bits per heavy atom. The Balaban J connectivity index is 0.936. The average Bonchev–Trinajstić information content (AvgIpc) is 3.88. The monoisotopic (exact) mass is 778 g/mol. The van der Waals surface area contributed by atoms with E-state index in [4.69, 9.17) is 4.42 Å². The summed E-state index contributed by atoms with van der Waals surface area (Å²) in [7, 11) is 0. The van der Waals surface area contributed by atoms with Crippen molar-refractivity contribution in [3.8, 4) is 39.1 Å². The minimum atomic E-state index is 0.866. The number of aromatic nitrogens is 1. The Kier molecular flexibility index (Phi) is 8.17. The van der Waals surface area contributed by atoms with Crippen LogP contribution in [0.1, 0.15) is 0 Å². The number of para-hydroxylation sites is 4. The first kappa shape index (κ1) is 34.9. The van der Waals surface area contributed by atoms with Crippen LogP contribution in [0.2, 0.25) is 0 Å². The topological polar surface area (TPSA) is 21.3 Å². The normalized spacial score (nSPS) is 11.6. The Morgan fingerprint density at radius 2 is 0.918 bits per heavy atom. The molecule has 0 N–H and O–H groups in total. The molecular formula is C58H38N2O. The highest BCUT2D eigenvalue weighted by molar-refractivity contribution is 6.13. The van der Waals surface area contributed by atoms with Crippen molar-refractivity contribution >= 4 is 71.6 Å². The molecule has 12 rings (SSSR count). The minimum Gasteiger partial charge on any atom is -0.456 e. The fraction of sp³-hybridized carbons (Fsp3) is 0. The summed E-state index contributed by atoms with van der Waals surface area (Å²) < 4.78 is 8.81. The predicted molar refractivity (Wildman–Crippen MR) is 257 cm³/mol. The van der Waals surface area contributed by atoms with Crippen molar-refractivity contribution in [3.05, 3.63) is 231 Å². The van der Waals surface area contributed by atoms with Gasteiger partial charge in [-0.1, -0.05) is 164 Å². The van der Waals surface area contributed by atoms with Crippen LogP contribution in [0.3, 0.4) is 0 Å². The molecular weight excluding hydrogens is 741 g/mol. The van der Waals surface area contributed by atoms with Gasteiger partial charge in [0.25, 0.3) is 0 Å². The number of rotatable bonds is 7. The second-order valence-corrected chi connectivity index (χ2v) is 15.7. The largest absolute Gasteiger partial charge is 0.456 e. The third kappa shape index (κ3) is 5.90. The molecule has 0 amide bonds. The van der Waals surface area contributed by atoms with Gasteiger partial charge >= 0.3 is 0 Å². The van der Waals surface area contributed by atoms with Gasteiger partial charge in [0.1, 0.15) is 11.2 Å². The number of anilines is 3. The van der Waals surface area contributed by atoms with E-state index in [0.29, 0.717) is 0 Å². The summed E-state index contributed by atoms with van der Waals surface area (Å²) >= 11 is 0. The van der Waals surface area contributed by atoms with Gasteiger partial charge in [-0.25, -0.2) is 0 Å². The molecule has 0 atom stereocenters. The maximum Gasteiger partial charge on any atom is 0.137 e. The van der Waals surface area contributed by atoms with Gasteiger partial charge < -0.3 is 13.9 Å². The van der Waals surface area contributed by atoms with Crippen LogP contribution in [0, 0.1) is 0 Å². The second kappa shape index (κ2) is 14.3. The molecule has 0 fully saturated rings.